The first-order chi connectivity index (χ1) is 11.8. The molecule has 0 aromatic heterocycles. The number of amidine groups is 1. The lowest BCUT2D eigenvalue weighted by Gasteiger charge is -2.03. The molecule has 0 unspecified atom stereocenters. The summed E-state index contributed by atoms with van der Waals surface area (Å²) in [5.41, 5.74) is 2.23. The number of nitrogens with one attached hydrogen (secondary N) is 1. The lowest BCUT2D eigenvalue weighted by molar-refractivity contribution is -0.115. The molecule has 3 rings (SSSR count). The third-order valence-corrected chi connectivity index (χ3v) is 5.81. The highest BCUT2D eigenvalue weighted by molar-refractivity contribution is 14.1. The number of benzene rings is 2. The second-order valence-corrected chi connectivity index (χ2v) is 8.78. The average Bonchev–Trinajstić information content (AvgIpc) is 2.87. The topological polar surface area (TPSA) is 61.7 Å². The van der Waals surface area contributed by atoms with Crippen LogP contribution in [0.3, 0.4) is 0 Å². The number of carbonyl (C=O) groups excluding carboxylic acids is 1. The van der Waals surface area contributed by atoms with Crippen LogP contribution in [-0.2, 0) is 4.79 Å². The van der Waals surface area contributed by atoms with Crippen molar-refractivity contribution < 1.29 is 9.90 Å². The maximum atomic E-state index is 12.2. The van der Waals surface area contributed by atoms with Crippen LogP contribution in [0.15, 0.2) is 44.7 Å². The van der Waals surface area contributed by atoms with E-state index in [0.29, 0.717) is 29.9 Å². The summed E-state index contributed by atoms with van der Waals surface area (Å²) in [7, 11) is 0. The number of phenolic OH excluding ortho intramolecular Hbond substituents is 1. The minimum atomic E-state index is -0.252. The summed E-state index contributed by atoms with van der Waals surface area (Å²) in [6.45, 7) is 1.93. The third kappa shape index (κ3) is 4.39. The molecule has 0 spiro atoms. The second kappa shape index (κ2) is 7.69. The number of phenols is 1. The zero-order chi connectivity index (χ0) is 18.1. The molecular weight excluding hydrogens is 539 g/mol. The van der Waals surface area contributed by atoms with Crippen LogP contribution < -0.4 is 5.32 Å². The average molecular weight is 550 g/mol. The van der Waals surface area contributed by atoms with Gasteiger partial charge >= 0.3 is 0 Å². The van der Waals surface area contributed by atoms with Crippen molar-refractivity contribution in [1.82, 2.24) is 5.32 Å². The van der Waals surface area contributed by atoms with Crippen LogP contribution in [0.2, 0.25) is 5.02 Å². The van der Waals surface area contributed by atoms with E-state index in [-0.39, 0.29) is 11.7 Å². The fourth-order valence-electron chi connectivity index (χ4n) is 2.13. The normalized spacial score (nSPS) is 17.4. The number of rotatable bonds is 2. The van der Waals surface area contributed by atoms with E-state index >= 15 is 0 Å². The van der Waals surface area contributed by atoms with Gasteiger partial charge in [-0.05, 0) is 77.2 Å². The van der Waals surface area contributed by atoms with Crippen molar-refractivity contribution in [1.29, 1.82) is 0 Å². The Morgan fingerprint density at radius 2 is 2.12 bits per heavy atom. The van der Waals surface area contributed by atoms with Gasteiger partial charge in [-0.25, -0.2) is 4.99 Å². The fraction of sp³-hybridized carbons (Fsp3) is 0.0588. The number of aryl methyl sites for hydroxylation is 1. The quantitative estimate of drug-likeness (QED) is 0.378. The number of amides is 1. The van der Waals surface area contributed by atoms with E-state index < -0.39 is 0 Å². The molecule has 2 aromatic carbocycles. The number of carbonyl (C=O) groups is 1. The van der Waals surface area contributed by atoms with Gasteiger partial charge in [-0.3, -0.25) is 4.79 Å². The van der Waals surface area contributed by atoms with Gasteiger partial charge in [0.2, 0.25) is 0 Å². The minimum Gasteiger partial charge on any atom is -0.506 e. The molecule has 0 saturated carbocycles. The summed E-state index contributed by atoms with van der Waals surface area (Å²) < 4.78 is 1.53. The third-order valence-electron chi connectivity index (χ3n) is 3.39. The molecule has 1 heterocycles. The molecule has 4 nitrogen and oxygen atoms in total. The van der Waals surface area contributed by atoms with Gasteiger partial charge in [0.15, 0.2) is 5.17 Å². The Labute approximate surface area is 176 Å². The molecule has 128 valence electrons. The van der Waals surface area contributed by atoms with Gasteiger partial charge in [-0.2, -0.15) is 0 Å². The van der Waals surface area contributed by atoms with E-state index in [4.69, 9.17) is 11.6 Å². The second-order valence-electron chi connectivity index (χ2n) is 5.24. The maximum Gasteiger partial charge on any atom is 0.264 e. The van der Waals surface area contributed by atoms with Crippen molar-refractivity contribution in [2.24, 2.45) is 4.99 Å². The maximum absolute atomic E-state index is 12.2. The molecular formula is C17H11BrClIN2O2S. The van der Waals surface area contributed by atoms with Crippen LogP contribution in [0, 0.1) is 10.5 Å². The number of nitrogens with zero attached hydrogens (tertiary/aromatic N) is 1. The Morgan fingerprint density at radius 1 is 1.36 bits per heavy atom. The lowest BCUT2D eigenvalue weighted by atomic mass is 10.2. The van der Waals surface area contributed by atoms with Crippen LogP contribution in [-0.4, -0.2) is 16.2 Å². The monoisotopic (exact) mass is 548 g/mol. The Hall–Kier alpha value is -1.03. The molecule has 1 saturated heterocycles. The standard InChI is InChI=1S/C17H11BrClIN2O2S/c1-8-2-3-11(19)7-13(8)21-17-22-16(24)14(25-17)5-9-4-10(18)6-12(20)15(9)23/h2-7,23H,1H3,(H,21,22,24)/b14-5-. The molecule has 2 N–H and O–H groups in total. The van der Waals surface area contributed by atoms with Crippen molar-refractivity contribution >= 4 is 84.7 Å². The summed E-state index contributed by atoms with van der Waals surface area (Å²) >= 11 is 12.7. The van der Waals surface area contributed by atoms with Crippen LogP contribution >= 0.6 is 61.9 Å². The smallest absolute Gasteiger partial charge is 0.264 e. The molecule has 1 aliphatic heterocycles. The van der Waals surface area contributed by atoms with Gasteiger partial charge in [-0.1, -0.05) is 33.6 Å². The van der Waals surface area contributed by atoms with Crippen molar-refractivity contribution in [3.63, 3.8) is 0 Å². The van der Waals surface area contributed by atoms with Crippen molar-refractivity contribution in [2.45, 2.75) is 6.92 Å². The predicted octanol–water partition coefficient (Wildman–Crippen LogP) is 5.61. The van der Waals surface area contributed by atoms with Gasteiger partial charge in [0.1, 0.15) is 5.75 Å². The van der Waals surface area contributed by atoms with E-state index in [9.17, 15) is 9.90 Å². The first-order valence-electron chi connectivity index (χ1n) is 7.07. The molecule has 8 heteroatoms. The zero-order valence-corrected chi connectivity index (χ0v) is 18.1. The minimum absolute atomic E-state index is 0.140. The molecule has 0 radical (unpaired) electrons. The predicted molar refractivity (Wildman–Crippen MR) is 116 cm³/mol. The summed E-state index contributed by atoms with van der Waals surface area (Å²) in [6.07, 6.45) is 1.65. The number of halogens is 3. The number of aliphatic imine (C=N–C) groups is 1. The molecule has 1 fully saturated rings. The summed E-state index contributed by atoms with van der Waals surface area (Å²) in [6, 6.07) is 8.98. The largest absolute Gasteiger partial charge is 0.506 e. The molecule has 1 aliphatic rings. The molecule has 2 aromatic rings. The molecule has 0 atom stereocenters. The van der Waals surface area contributed by atoms with Gasteiger partial charge in [0.25, 0.3) is 5.91 Å². The Balaban J connectivity index is 1.93. The Morgan fingerprint density at radius 3 is 2.88 bits per heavy atom. The highest BCUT2D eigenvalue weighted by Gasteiger charge is 2.24. The number of hydrogen-bond acceptors (Lipinski definition) is 4. The zero-order valence-electron chi connectivity index (χ0n) is 12.8. The first kappa shape index (κ1) is 18.8. The van der Waals surface area contributed by atoms with E-state index in [0.717, 1.165) is 10.0 Å². The summed E-state index contributed by atoms with van der Waals surface area (Å²) in [4.78, 5) is 17.1. The molecule has 0 bridgehead atoms. The number of thioether (sulfide) groups is 1. The van der Waals surface area contributed by atoms with Crippen LogP contribution in [0.25, 0.3) is 6.08 Å². The van der Waals surface area contributed by atoms with Crippen LogP contribution in [0.1, 0.15) is 11.1 Å². The van der Waals surface area contributed by atoms with Crippen molar-refractivity contribution in [2.75, 3.05) is 0 Å². The van der Waals surface area contributed by atoms with E-state index in [1.807, 2.05) is 35.6 Å². The SMILES string of the molecule is Cc1ccc(Cl)cc1N=C1NC(=O)/C(=C/c2cc(Br)cc(I)c2O)S1. The first-order valence-corrected chi connectivity index (χ1v) is 10.1. The van der Waals surface area contributed by atoms with Crippen LogP contribution in [0.4, 0.5) is 5.69 Å². The van der Waals surface area contributed by atoms with Gasteiger partial charge < -0.3 is 10.4 Å². The van der Waals surface area contributed by atoms with E-state index in [1.165, 1.54) is 11.8 Å². The highest BCUT2D eigenvalue weighted by Crippen LogP contribution is 2.34. The van der Waals surface area contributed by atoms with Crippen molar-refractivity contribution in [3.8, 4) is 5.75 Å². The fourth-order valence-corrected chi connectivity index (χ4v) is 4.67. The van der Waals surface area contributed by atoms with Crippen molar-refractivity contribution in [3.05, 3.63) is 59.4 Å². The van der Waals surface area contributed by atoms with Gasteiger partial charge in [0.05, 0.1) is 14.2 Å². The van der Waals surface area contributed by atoms with Gasteiger partial charge in [-0.15, -0.1) is 0 Å². The summed E-state index contributed by atoms with van der Waals surface area (Å²) in [5.74, 6) is -0.112. The van der Waals surface area contributed by atoms with Gasteiger partial charge in [0, 0.05) is 15.1 Å². The molecule has 1 amide bonds. The summed E-state index contributed by atoms with van der Waals surface area (Å²) in [5, 5.41) is 14.0. The number of aromatic hydroxyl groups is 1. The lowest BCUT2D eigenvalue weighted by Crippen LogP contribution is -2.19. The number of hydrogen-bond donors (Lipinski definition) is 2. The highest BCUT2D eigenvalue weighted by atomic mass is 127. The molecule has 0 aliphatic carbocycles. The van der Waals surface area contributed by atoms with E-state index in [2.05, 4.69) is 26.2 Å². The molecule has 25 heavy (non-hydrogen) atoms. The van der Waals surface area contributed by atoms with E-state index in [1.54, 1.807) is 30.3 Å². The van der Waals surface area contributed by atoms with Crippen LogP contribution in [0.5, 0.6) is 5.75 Å². The Kier molecular flexibility index (Phi) is 5.77. The Bertz CT molecular complexity index is 946.